The summed E-state index contributed by atoms with van der Waals surface area (Å²) in [7, 11) is 0. The molecule has 0 N–H and O–H groups in total. The molecular formula is CHBr3Ge. The second-order valence-corrected chi connectivity index (χ2v) is 14.6. The summed E-state index contributed by atoms with van der Waals surface area (Å²) in [6.07, 6.45) is 0. The Morgan fingerprint density at radius 2 is 1.20 bits per heavy atom. The molecule has 0 aliphatic rings. The van der Waals surface area contributed by atoms with Crippen LogP contribution in [-0.4, -0.2) is 17.5 Å². The van der Waals surface area contributed by atoms with Crippen molar-refractivity contribution in [3.8, 4) is 0 Å². The van der Waals surface area contributed by atoms with Gasteiger partial charge in [-0.2, -0.15) is 0 Å². The Bertz CT molecular complexity index is 22.4. The first-order valence-corrected chi connectivity index (χ1v) is 4.45. The Labute approximate surface area is 64.7 Å². The Balaban J connectivity index is 3.02. The van der Waals surface area contributed by atoms with Gasteiger partial charge in [0.15, 0.2) is 0 Å². The molecule has 0 atom stereocenters. The van der Waals surface area contributed by atoms with Crippen molar-refractivity contribution in [1.29, 1.82) is 0 Å². The molecule has 0 amide bonds. The molecule has 0 saturated carbocycles. The molecule has 2 radical (unpaired) electrons. The SMILES string of the molecule is [GeH][C](Br)(Br)Br. The van der Waals surface area contributed by atoms with Crippen LogP contribution in [0.4, 0.5) is 0 Å². The maximum atomic E-state index is 3.24. The molecule has 0 saturated heterocycles. The van der Waals surface area contributed by atoms with E-state index in [1.165, 1.54) is 0 Å². The third-order valence-electron chi connectivity index (χ3n) is 0. The molecule has 30 valence electrons. The average molecular weight is 325 g/mol. The van der Waals surface area contributed by atoms with Crippen molar-refractivity contribution in [2.45, 2.75) is 0.975 Å². The fourth-order valence-electron chi connectivity index (χ4n) is 0. The minimum absolute atomic E-state index is 0. The molecule has 0 aromatic heterocycles. The molecule has 0 heterocycles. The first-order chi connectivity index (χ1) is 2.00. The standard InChI is InChI=1S/CHBr3Ge/c2-1(3,4)5/h5H. The van der Waals surface area contributed by atoms with Crippen molar-refractivity contribution in [3.05, 3.63) is 0 Å². The van der Waals surface area contributed by atoms with Crippen molar-refractivity contribution in [1.82, 2.24) is 0 Å². The van der Waals surface area contributed by atoms with E-state index in [-0.39, 0.29) is 0.975 Å². The maximum absolute atomic E-state index is 3.24. The third-order valence-corrected chi connectivity index (χ3v) is 0. The molecule has 5 heavy (non-hydrogen) atoms. The molecule has 0 aliphatic carbocycles. The van der Waals surface area contributed by atoms with Gasteiger partial charge in [-0.05, 0) is 0 Å². The van der Waals surface area contributed by atoms with Crippen LogP contribution in [-0.2, 0) is 0 Å². The summed E-state index contributed by atoms with van der Waals surface area (Å²) < 4.78 is 0. The number of hydrogen-bond acceptors (Lipinski definition) is 0. The summed E-state index contributed by atoms with van der Waals surface area (Å²) in [5.41, 5.74) is 0. The molecule has 0 spiro atoms. The van der Waals surface area contributed by atoms with Crippen LogP contribution >= 0.6 is 47.8 Å². The summed E-state index contributed by atoms with van der Waals surface area (Å²) in [6.45, 7) is 0. The molecule has 0 aromatic carbocycles. The van der Waals surface area contributed by atoms with Crippen LogP contribution in [0.3, 0.4) is 0 Å². The fourth-order valence-corrected chi connectivity index (χ4v) is 0. The molecule has 0 fully saturated rings. The summed E-state index contributed by atoms with van der Waals surface area (Å²) in [4.78, 5) is 0. The van der Waals surface area contributed by atoms with Gasteiger partial charge in [-0.15, -0.1) is 0 Å². The summed E-state index contributed by atoms with van der Waals surface area (Å²) in [5, 5.41) is 0. The van der Waals surface area contributed by atoms with Crippen LogP contribution in [0.5, 0.6) is 0 Å². The van der Waals surface area contributed by atoms with Gasteiger partial charge in [-0.3, -0.25) is 0 Å². The predicted octanol–water partition coefficient (Wildman–Crippen LogP) is 1.68. The van der Waals surface area contributed by atoms with Gasteiger partial charge in [0.2, 0.25) is 0 Å². The summed E-state index contributed by atoms with van der Waals surface area (Å²) in [5.74, 6) is 0. The Morgan fingerprint density at radius 1 is 1.20 bits per heavy atom. The van der Waals surface area contributed by atoms with E-state index in [0.29, 0.717) is 0 Å². The van der Waals surface area contributed by atoms with Gasteiger partial charge in [-0.25, -0.2) is 0 Å². The van der Waals surface area contributed by atoms with E-state index < -0.39 is 0 Å². The third kappa shape index (κ3) is 24.1. The van der Waals surface area contributed by atoms with Crippen LogP contribution in [0.2, 0.25) is 0 Å². The zero-order valence-corrected chi connectivity index (χ0v) is 9.39. The van der Waals surface area contributed by atoms with Gasteiger partial charge >= 0.3 is 65.3 Å². The quantitative estimate of drug-likeness (QED) is 0.470. The van der Waals surface area contributed by atoms with Crippen LogP contribution in [0.15, 0.2) is 0 Å². The molecule has 4 heteroatoms. The molecule has 0 rings (SSSR count). The van der Waals surface area contributed by atoms with Gasteiger partial charge in [-0.1, -0.05) is 0 Å². The van der Waals surface area contributed by atoms with Crippen LogP contribution in [0, 0.1) is 0 Å². The van der Waals surface area contributed by atoms with Crippen LogP contribution in [0.25, 0.3) is 0 Å². The van der Waals surface area contributed by atoms with Gasteiger partial charge < -0.3 is 0 Å². The zero-order valence-electron chi connectivity index (χ0n) is 2.21. The van der Waals surface area contributed by atoms with E-state index in [1.807, 2.05) is 0 Å². The van der Waals surface area contributed by atoms with Gasteiger partial charge in [0.05, 0.1) is 0 Å². The first-order valence-electron chi connectivity index (χ1n) is 0.856. The first kappa shape index (κ1) is 6.98. The van der Waals surface area contributed by atoms with E-state index in [2.05, 4.69) is 47.8 Å². The van der Waals surface area contributed by atoms with E-state index in [9.17, 15) is 0 Å². The molecular weight excluding hydrogens is 324 g/mol. The number of rotatable bonds is 0. The van der Waals surface area contributed by atoms with E-state index >= 15 is 0 Å². The summed E-state index contributed by atoms with van der Waals surface area (Å²) >= 11 is 11.2. The average Bonchev–Trinajstić information content (AvgIpc) is 0.722. The van der Waals surface area contributed by atoms with Gasteiger partial charge in [0.25, 0.3) is 0 Å². The van der Waals surface area contributed by atoms with E-state index in [0.717, 1.165) is 0 Å². The molecule has 0 unspecified atom stereocenters. The molecule has 0 aliphatic heterocycles. The van der Waals surface area contributed by atoms with E-state index in [4.69, 9.17) is 0 Å². The Kier molecular flexibility index (Phi) is 3.26. The molecule has 0 nitrogen and oxygen atoms in total. The predicted molar refractivity (Wildman–Crippen MR) is 36.7 cm³/mol. The van der Waals surface area contributed by atoms with Gasteiger partial charge in [0, 0.05) is 0 Å². The Hall–Kier alpha value is 1.98. The fraction of sp³-hybridized carbons (Fsp3) is 1.00. The summed E-state index contributed by atoms with van der Waals surface area (Å²) in [6, 6.07) is 0. The van der Waals surface area contributed by atoms with E-state index in [1.54, 1.807) is 16.5 Å². The number of halogens is 3. The van der Waals surface area contributed by atoms with Crippen molar-refractivity contribution in [2.75, 3.05) is 0 Å². The second kappa shape index (κ2) is 2.33. The number of hydrogen-bond donors (Lipinski definition) is 0. The van der Waals surface area contributed by atoms with Gasteiger partial charge in [0.1, 0.15) is 0 Å². The topological polar surface area (TPSA) is 0 Å². The monoisotopic (exact) mass is 324 g/mol. The van der Waals surface area contributed by atoms with Crippen LogP contribution < -0.4 is 0 Å². The molecule has 0 aromatic rings. The van der Waals surface area contributed by atoms with Crippen LogP contribution in [0.1, 0.15) is 0 Å². The molecule has 0 bridgehead atoms. The zero-order chi connectivity index (χ0) is 4.50. The number of alkyl halides is 3. The van der Waals surface area contributed by atoms with Crippen molar-refractivity contribution >= 4 is 64.3 Å². The second-order valence-electron chi connectivity index (χ2n) is 0.542. The normalized spacial score (nSPS) is 12.0. The minimum atomic E-state index is 0. The Morgan fingerprint density at radius 3 is 1.20 bits per heavy atom. The van der Waals surface area contributed by atoms with Crippen molar-refractivity contribution in [3.63, 3.8) is 0 Å². The van der Waals surface area contributed by atoms with Crippen molar-refractivity contribution in [2.24, 2.45) is 0 Å². The van der Waals surface area contributed by atoms with Crippen molar-refractivity contribution < 1.29 is 0 Å².